The molecule has 1 aromatic rings. The topological polar surface area (TPSA) is 66.4 Å². The summed E-state index contributed by atoms with van der Waals surface area (Å²) in [4.78, 5) is 0.270. The average molecular weight is 285 g/mol. The van der Waals surface area contributed by atoms with Gasteiger partial charge in [0.25, 0.3) is 0 Å². The zero-order valence-corrected chi connectivity index (χ0v) is 12.6. The van der Waals surface area contributed by atoms with Crippen LogP contribution in [-0.4, -0.2) is 26.7 Å². The van der Waals surface area contributed by atoms with E-state index in [2.05, 4.69) is 4.72 Å². The molecule has 0 aliphatic rings. The molecule has 0 saturated heterocycles. The molecule has 0 saturated carbocycles. The monoisotopic (exact) mass is 285 g/mol. The van der Waals surface area contributed by atoms with Crippen LogP contribution in [0.15, 0.2) is 29.2 Å². The average Bonchev–Trinajstić information content (AvgIpc) is 2.41. The van der Waals surface area contributed by atoms with Gasteiger partial charge in [-0.1, -0.05) is 26.0 Å². The van der Waals surface area contributed by atoms with Gasteiger partial charge in [0.2, 0.25) is 10.0 Å². The maximum atomic E-state index is 12.2. The van der Waals surface area contributed by atoms with Crippen LogP contribution in [0, 0.1) is 12.3 Å². The molecule has 0 aliphatic heterocycles. The molecule has 19 heavy (non-hydrogen) atoms. The fraction of sp³-hybridized carbons (Fsp3) is 0.571. The largest absolute Gasteiger partial charge is 0.396 e. The normalized spacial score (nSPS) is 12.6. The van der Waals surface area contributed by atoms with Gasteiger partial charge >= 0.3 is 0 Å². The number of aliphatic hydroxyl groups is 1. The predicted octanol–water partition coefficient (Wildman–Crippen LogP) is 2.07. The second kappa shape index (κ2) is 6.50. The van der Waals surface area contributed by atoms with E-state index in [0.29, 0.717) is 0 Å². The van der Waals surface area contributed by atoms with Crippen LogP contribution < -0.4 is 4.72 Å². The van der Waals surface area contributed by atoms with E-state index in [-0.39, 0.29) is 23.5 Å². The van der Waals surface area contributed by atoms with Gasteiger partial charge < -0.3 is 5.11 Å². The summed E-state index contributed by atoms with van der Waals surface area (Å²) < 4.78 is 27.0. The Morgan fingerprint density at radius 2 is 1.89 bits per heavy atom. The summed E-state index contributed by atoms with van der Waals surface area (Å²) in [6.07, 6.45) is 1.46. The lowest BCUT2D eigenvalue weighted by Gasteiger charge is -2.29. The van der Waals surface area contributed by atoms with Gasteiger partial charge in [-0.15, -0.1) is 0 Å². The van der Waals surface area contributed by atoms with Crippen molar-refractivity contribution in [2.75, 3.05) is 13.2 Å². The lowest BCUT2D eigenvalue weighted by Crippen LogP contribution is -2.39. The summed E-state index contributed by atoms with van der Waals surface area (Å²) in [6, 6.07) is 6.80. The van der Waals surface area contributed by atoms with Crippen LogP contribution in [0.3, 0.4) is 0 Å². The minimum atomic E-state index is -3.51. The Kier molecular flexibility index (Phi) is 5.52. The SMILES string of the molecule is CCC(CC)(CO)CNS(=O)(=O)c1cccc(C)c1. The summed E-state index contributed by atoms with van der Waals surface area (Å²) in [7, 11) is -3.51. The zero-order chi connectivity index (χ0) is 14.5. The smallest absolute Gasteiger partial charge is 0.240 e. The molecule has 5 heteroatoms. The molecule has 0 amide bonds. The second-order valence-electron chi connectivity index (χ2n) is 5.01. The standard InChI is InChI=1S/C14H23NO3S/c1-4-14(5-2,11-16)10-15-19(17,18)13-8-6-7-12(3)9-13/h6-9,15-16H,4-5,10-11H2,1-3H3. The highest BCUT2D eigenvalue weighted by Gasteiger charge is 2.27. The Morgan fingerprint density at radius 1 is 1.26 bits per heavy atom. The molecule has 1 rings (SSSR count). The van der Waals surface area contributed by atoms with Crippen LogP contribution in [0.2, 0.25) is 0 Å². The van der Waals surface area contributed by atoms with E-state index in [0.717, 1.165) is 18.4 Å². The maximum absolute atomic E-state index is 12.2. The summed E-state index contributed by atoms with van der Waals surface area (Å²) in [5.41, 5.74) is 0.527. The molecule has 0 aromatic heterocycles. The van der Waals surface area contributed by atoms with Crippen LogP contribution in [0.5, 0.6) is 0 Å². The van der Waals surface area contributed by atoms with E-state index in [4.69, 9.17) is 0 Å². The van der Waals surface area contributed by atoms with E-state index in [1.807, 2.05) is 26.8 Å². The van der Waals surface area contributed by atoms with Crippen LogP contribution in [0.4, 0.5) is 0 Å². The van der Waals surface area contributed by atoms with Crippen molar-refractivity contribution in [2.24, 2.45) is 5.41 Å². The Hall–Kier alpha value is -0.910. The summed E-state index contributed by atoms with van der Waals surface area (Å²) in [5.74, 6) is 0. The first kappa shape index (κ1) is 16.1. The van der Waals surface area contributed by atoms with Crippen molar-refractivity contribution in [3.05, 3.63) is 29.8 Å². The summed E-state index contributed by atoms with van der Waals surface area (Å²) >= 11 is 0. The fourth-order valence-corrected chi connectivity index (χ4v) is 3.16. The highest BCUT2D eigenvalue weighted by atomic mass is 32.2. The summed E-state index contributed by atoms with van der Waals surface area (Å²) in [6.45, 7) is 6.01. The van der Waals surface area contributed by atoms with Crippen molar-refractivity contribution in [2.45, 2.75) is 38.5 Å². The van der Waals surface area contributed by atoms with Crippen LogP contribution in [-0.2, 0) is 10.0 Å². The molecule has 0 atom stereocenters. The minimum Gasteiger partial charge on any atom is -0.396 e. The number of sulfonamides is 1. The predicted molar refractivity (Wildman–Crippen MR) is 76.5 cm³/mol. The van der Waals surface area contributed by atoms with Crippen molar-refractivity contribution in [3.63, 3.8) is 0 Å². The van der Waals surface area contributed by atoms with Crippen LogP contribution in [0.25, 0.3) is 0 Å². The number of nitrogens with one attached hydrogen (secondary N) is 1. The quantitative estimate of drug-likeness (QED) is 0.806. The molecule has 1 aromatic carbocycles. The van der Waals surface area contributed by atoms with Crippen molar-refractivity contribution in [1.29, 1.82) is 0 Å². The highest BCUT2D eigenvalue weighted by Crippen LogP contribution is 2.25. The van der Waals surface area contributed by atoms with E-state index >= 15 is 0 Å². The molecule has 2 N–H and O–H groups in total. The number of aryl methyl sites for hydroxylation is 1. The van der Waals surface area contributed by atoms with Gasteiger partial charge in [-0.2, -0.15) is 0 Å². The van der Waals surface area contributed by atoms with Gasteiger partial charge in [0.05, 0.1) is 4.90 Å². The molecular weight excluding hydrogens is 262 g/mol. The Bertz CT molecular complexity index is 499. The van der Waals surface area contributed by atoms with Crippen molar-refractivity contribution < 1.29 is 13.5 Å². The minimum absolute atomic E-state index is 0.0175. The number of aliphatic hydroxyl groups excluding tert-OH is 1. The van der Waals surface area contributed by atoms with Crippen molar-refractivity contribution in [3.8, 4) is 0 Å². The van der Waals surface area contributed by atoms with E-state index < -0.39 is 10.0 Å². The van der Waals surface area contributed by atoms with Crippen LogP contribution >= 0.6 is 0 Å². The molecule has 0 unspecified atom stereocenters. The number of hydrogen-bond donors (Lipinski definition) is 2. The first-order valence-electron chi connectivity index (χ1n) is 6.56. The first-order valence-corrected chi connectivity index (χ1v) is 8.04. The van der Waals surface area contributed by atoms with Gasteiger partial charge in [0.15, 0.2) is 0 Å². The van der Waals surface area contributed by atoms with Crippen molar-refractivity contribution in [1.82, 2.24) is 4.72 Å². The highest BCUT2D eigenvalue weighted by molar-refractivity contribution is 7.89. The third kappa shape index (κ3) is 4.03. The molecule has 0 heterocycles. The third-order valence-corrected chi connectivity index (χ3v) is 5.17. The lowest BCUT2D eigenvalue weighted by molar-refractivity contribution is 0.119. The number of hydrogen-bond acceptors (Lipinski definition) is 3. The van der Waals surface area contributed by atoms with Gasteiger partial charge in [-0.05, 0) is 37.5 Å². The zero-order valence-electron chi connectivity index (χ0n) is 11.8. The van der Waals surface area contributed by atoms with Crippen molar-refractivity contribution >= 4 is 10.0 Å². The molecule has 108 valence electrons. The molecule has 0 radical (unpaired) electrons. The second-order valence-corrected chi connectivity index (χ2v) is 6.77. The Balaban J connectivity index is 2.87. The van der Waals surface area contributed by atoms with Gasteiger partial charge in [0.1, 0.15) is 0 Å². The van der Waals surface area contributed by atoms with E-state index in [1.165, 1.54) is 0 Å². The summed E-state index contributed by atoms with van der Waals surface area (Å²) in [5, 5.41) is 9.45. The molecule has 0 fully saturated rings. The third-order valence-electron chi connectivity index (χ3n) is 3.77. The lowest BCUT2D eigenvalue weighted by atomic mass is 9.84. The first-order chi connectivity index (χ1) is 8.89. The van der Waals surface area contributed by atoms with Gasteiger partial charge in [0, 0.05) is 18.6 Å². The maximum Gasteiger partial charge on any atom is 0.240 e. The molecular formula is C14H23NO3S. The fourth-order valence-electron chi connectivity index (χ4n) is 1.89. The molecule has 0 bridgehead atoms. The Morgan fingerprint density at radius 3 is 2.37 bits per heavy atom. The van der Waals surface area contributed by atoms with Gasteiger partial charge in [-0.3, -0.25) is 0 Å². The molecule has 4 nitrogen and oxygen atoms in total. The van der Waals surface area contributed by atoms with Gasteiger partial charge in [-0.25, -0.2) is 13.1 Å². The molecule has 0 aliphatic carbocycles. The molecule has 0 spiro atoms. The van der Waals surface area contributed by atoms with Crippen LogP contribution in [0.1, 0.15) is 32.3 Å². The Labute approximate surface area is 115 Å². The number of benzene rings is 1. The van der Waals surface area contributed by atoms with E-state index in [9.17, 15) is 13.5 Å². The number of rotatable bonds is 7. The van der Waals surface area contributed by atoms with E-state index in [1.54, 1.807) is 18.2 Å².